The smallest absolute Gasteiger partial charge is 0.308 e. The molecule has 0 aromatic carbocycles. The highest BCUT2D eigenvalue weighted by Gasteiger charge is 2.41. The van der Waals surface area contributed by atoms with Crippen LogP contribution in [0.2, 0.25) is 0 Å². The SMILES string of the molecule is O=C(O)C1CCCN(C(=O)C2CSCN2C(=O)C2CCCC2)C1. The Labute approximate surface area is 140 Å². The summed E-state index contributed by atoms with van der Waals surface area (Å²) < 4.78 is 0. The minimum Gasteiger partial charge on any atom is -0.481 e. The third-order valence-electron chi connectivity index (χ3n) is 5.24. The molecule has 0 aromatic heterocycles. The van der Waals surface area contributed by atoms with E-state index >= 15 is 0 Å². The van der Waals surface area contributed by atoms with Crippen LogP contribution < -0.4 is 0 Å². The molecule has 3 fully saturated rings. The molecule has 2 unspecified atom stereocenters. The first kappa shape index (κ1) is 16.6. The molecule has 1 N–H and O–H groups in total. The average molecular weight is 340 g/mol. The summed E-state index contributed by atoms with van der Waals surface area (Å²) in [6, 6.07) is -0.402. The van der Waals surface area contributed by atoms with Gasteiger partial charge in [-0.2, -0.15) is 0 Å². The van der Waals surface area contributed by atoms with Crippen LogP contribution in [0.3, 0.4) is 0 Å². The lowest BCUT2D eigenvalue weighted by molar-refractivity contribution is -0.150. The minimum atomic E-state index is -0.831. The van der Waals surface area contributed by atoms with Gasteiger partial charge in [-0.3, -0.25) is 14.4 Å². The van der Waals surface area contributed by atoms with Gasteiger partial charge in [-0.25, -0.2) is 0 Å². The number of nitrogens with zero attached hydrogens (tertiary/aromatic N) is 2. The van der Waals surface area contributed by atoms with Gasteiger partial charge in [-0.1, -0.05) is 12.8 Å². The van der Waals surface area contributed by atoms with E-state index < -0.39 is 17.9 Å². The molecule has 2 atom stereocenters. The Kier molecular flexibility index (Phi) is 5.14. The van der Waals surface area contributed by atoms with E-state index in [1.165, 1.54) is 0 Å². The Morgan fingerprint density at radius 3 is 2.35 bits per heavy atom. The highest BCUT2D eigenvalue weighted by Crippen LogP contribution is 2.31. The number of rotatable bonds is 3. The van der Waals surface area contributed by atoms with Crippen LogP contribution in [0.1, 0.15) is 38.5 Å². The fourth-order valence-corrected chi connectivity index (χ4v) is 5.02. The number of carbonyl (C=O) groups excluding carboxylic acids is 2. The van der Waals surface area contributed by atoms with Gasteiger partial charge >= 0.3 is 5.97 Å². The molecule has 2 aliphatic heterocycles. The summed E-state index contributed by atoms with van der Waals surface area (Å²) >= 11 is 1.62. The molecule has 6 nitrogen and oxygen atoms in total. The fourth-order valence-electron chi connectivity index (χ4n) is 3.86. The largest absolute Gasteiger partial charge is 0.481 e. The van der Waals surface area contributed by atoms with Gasteiger partial charge in [0.2, 0.25) is 11.8 Å². The molecule has 3 rings (SSSR count). The second-order valence-corrected chi connectivity index (χ2v) is 7.77. The van der Waals surface area contributed by atoms with E-state index in [9.17, 15) is 19.5 Å². The second kappa shape index (κ2) is 7.11. The molecule has 2 heterocycles. The Morgan fingerprint density at radius 1 is 0.957 bits per heavy atom. The van der Waals surface area contributed by atoms with Crippen molar-refractivity contribution >= 4 is 29.5 Å². The molecule has 0 spiro atoms. The lowest BCUT2D eigenvalue weighted by Crippen LogP contribution is -2.53. The van der Waals surface area contributed by atoms with Crippen LogP contribution >= 0.6 is 11.8 Å². The molecule has 0 aromatic rings. The van der Waals surface area contributed by atoms with Gasteiger partial charge < -0.3 is 14.9 Å². The maximum absolute atomic E-state index is 12.8. The van der Waals surface area contributed by atoms with E-state index in [1.54, 1.807) is 21.6 Å². The number of likely N-dealkylation sites (tertiary alicyclic amines) is 1. The summed E-state index contributed by atoms with van der Waals surface area (Å²) in [6.45, 7) is 0.885. The van der Waals surface area contributed by atoms with Crippen molar-refractivity contribution < 1.29 is 19.5 Å². The maximum Gasteiger partial charge on any atom is 0.308 e. The molecule has 23 heavy (non-hydrogen) atoms. The normalized spacial score (nSPS) is 29.0. The van der Waals surface area contributed by atoms with E-state index in [0.29, 0.717) is 24.6 Å². The predicted octanol–water partition coefficient (Wildman–Crippen LogP) is 1.40. The number of aliphatic carboxylic acids is 1. The van der Waals surface area contributed by atoms with Gasteiger partial charge in [-0.15, -0.1) is 11.8 Å². The zero-order valence-electron chi connectivity index (χ0n) is 13.3. The van der Waals surface area contributed by atoms with E-state index in [-0.39, 0.29) is 24.3 Å². The highest BCUT2D eigenvalue weighted by atomic mass is 32.2. The standard InChI is InChI=1S/C16H24N2O4S/c19-14(11-4-1-2-5-11)18-10-23-9-13(18)15(20)17-7-3-6-12(8-17)16(21)22/h11-13H,1-10H2,(H,21,22). The van der Waals surface area contributed by atoms with Crippen LogP contribution in [0.5, 0.6) is 0 Å². The monoisotopic (exact) mass is 340 g/mol. The second-order valence-electron chi connectivity index (χ2n) is 6.77. The van der Waals surface area contributed by atoms with Gasteiger partial charge in [-0.05, 0) is 25.7 Å². The molecule has 0 radical (unpaired) electrons. The van der Waals surface area contributed by atoms with Crippen LogP contribution in [0, 0.1) is 11.8 Å². The van der Waals surface area contributed by atoms with Crippen molar-refractivity contribution in [2.75, 3.05) is 24.7 Å². The Hall–Kier alpha value is -1.24. The van der Waals surface area contributed by atoms with Gasteiger partial charge in [0, 0.05) is 24.8 Å². The Morgan fingerprint density at radius 2 is 1.65 bits per heavy atom. The molecule has 1 saturated carbocycles. The fraction of sp³-hybridized carbons (Fsp3) is 0.812. The van der Waals surface area contributed by atoms with Gasteiger partial charge in [0.05, 0.1) is 11.8 Å². The molecule has 2 saturated heterocycles. The van der Waals surface area contributed by atoms with Crippen LogP contribution in [-0.4, -0.2) is 63.5 Å². The zero-order chi connectivity index (χ0) is 16.4. The number of carbonyl (C=O) groups is 3. The molecule has 3 aliphatic rings. The van der Waals surface area contributed by atoms with Crippen molar-refractivity contribution in [1.29, 1.82) is 0 Å². The maximum atomic E-state index is 12.8. The molecule has 2 amide bonds. The summed E-state index contributed by atoms with van der Waals surface area (Å²) in [5.74, 6) is 0.0537. The number of thioether (sulfide) groups is 1. The van der Waals surface area contributed by atoms with E-state index in [4.69, 9.17) is 0 Å². The summed E-state index contributed by atoms with van der Waals surface area (Å²) in [7, 11) is 0. The van der Waals surface area contributed by atoms with Crippen molar-refractivity contribution in [3.05, 3.63) is 0 Å². The lowest BCUT2D eigenvalue weighted by atomic mass is 9.97. The van der Waals surface area contributed by atoms with Gasteiger partial charge in [0.1, 0.15) is 6.04 Å². The topological polar surface area (TPSA) is 77.9 Å². The third kappa shape index (κ3) is 3.49. The van der Waals surface area contributed by atoms with Crippen LogP contribution in [-0.2, 0) is 14.4 Å². The van der Waals surface area contributed by atoms with Crippen molar-refractivity contribution in [1.82, 2.24) is 9.80 Å². The first-order valence-corrected chi connectivity index (χ1v) is 9.63. The highest BCUT2D eigenvalue weighted by molar-refractivity contribution is 7.99. The van der Waals surface area contributed by atoms with E-state index in [0.717, 1.165) is 32.1 Å². The van der Waals surface area contributed by atoms with Crippen LogP contribution in [0.15, 0.2) is 0 Å². The molecule has 0 bridgehead atoms. The molecule has 128 valence electrons. The Balaban J connectivity index is 1.65. The first-order valence-electron chi connectivity index (χ1n) is 8.47. The summed E-state index contributed by atoms with van der Waals surface area (Å²) in [6.07, 6.45) is 5.42. The summed E-state index contributed by atoms with van der Waals surface area (Å²) in [5.41, 5.74) is 0. The number of carboxylic acid groups (broad SMARTS) is 1. The third-order valence-corrected chi connectivity index (χ3v) is 6.25. The molecular weight excluding hydrogens is 316 g/mol. The van der Waals surface area contributed by atoms with Crippen LogP contribution in [0.4, 0.5) is 0 Å². The van der Waals surface area contributed by atoms with Gasteiger partial charge in [0.15, 0.2) is 0 Å². The summed E-state index contributed by atoms with van der Waals surface area (Å²) in [5, 5.41) is 9.18. The van der Waals surface area contributed by atoms with E-state index in [1.807, 2.05) is 0 Å². The molecule has 1 aliphatic carbocycles. The lowest BCUT2D eigenvalue weighted by Gasteiger charge is -2.35. The first-order chi connectivity index (χ1) is 11.1. The van der Waals surface area contributed by atoms with Gasteiger partial charge in [0.25, 0.3) is 0 Å². The van der Waals surface area contributed by atoms with Crippen molar-refractivity contribution in [2.45, 2.75) is 44.6 Å². The number of hydrogen-bond donors (Lipinski definition) is 1. The molecular formula is C16H24N2O4S. The number of carboxylic acids is 1. The number of piperidine rings is 1. The van der Waals surface area contributed by atoms with Crippen molar-refractivity contribution in [3.63, 3.8) is 0 Å². The molecule has 7 heteroatoms. The number of hydrogen-bond acceptors (Lipinski definition) is 4. The predicted molar refractivity (Wildman–Crippen MR) is 86.9 cm³/mol. The number of amides is 2. The zero-order valence-corrected chi connectivity index (χ0v) is 14.1. The quantitative estimate of drug-likeness (QED) is 0.840. The van der Waals surface area contributed by atoms with E-state index in [2.05, 4.69) is 0 Å². The van der Waals surface area contributed by atoms with Crippen LogP contribution in [0.25, 0.3) is 0 Å². The average Bonchev–Trinajstić information content (AvgIpc) is 3.25. The van der Waals surface area contributed by atoms with Crippen molar-refractivity contribution in [2.24, 2.45) is 11.8 Å². The minimum absolute atomic E-state index is 0.0627. The van der Waals surface area contributed by atoms with Crippen molar-refractivity contribution in [3.8, 4) is 0 Å². The summed E-state index contributed by atoms with van der Waals surface area (Å²) in [4.78, 5) is 40.1. The Bertz CT molecular complexity index is 492.